The number of anilines is 1. The number of halogens is 1. The van der Waals surface area contributed by atoms with Crippen LogP contribution < -0.4 is 10.6 Å². The van der Waals surface area contributed by atoms with Crippen molar-refractivity contribution in [1.82, 2.24) is 0 Å². The van der Waals surface area contributed by atoms with Gasteiger partial charge < -0.3 is 5.73 Å². The van der Waals surface area contributed by atoms with E-state index in [1.807, 2.05) is 6.07 Å². The average molecular weight is 472 g/mol. The van der Waals surface area contributed by atoms with Gasteiger partial charge in [0.1, 0.15) is 11.5 Å². The van der Waals surface area contributed by atoms with Gasteiger partial charge >= 0.3 is 5.00 Å². The lowest BCUT2D eigenvalue weighted by atomic mass is 9.78. The zero-order valence-corrected chi connectivity index (χ0v) is 17.9. The summed E-state index contributed by atoms with van der Waals surface area (Å²) in [5.41, 5.74) is 6.86. The SMILES string of the molecule is N#CC1=C(N)N(c2ccc(Cl)cc2[N+](=O)[O-])C2=C(C(=O)CCC2)[C@@H]1c1ccc([N+](=O)[O-])s1. The van der Waals surface area contributed by atoms with Gasteiger partial charge in [-0.2, -0.15) is 5.26 Å². The maximum absolute atomic E-state index is 13.0. The molecule has 4 rings (SSSR count). The van der Waals surface area contributed by atoms with E-state index < -0.39 is 15.8 Å². The zero-order valence-electron chi connectivity index (χ0n) is 16.3. The van der Waals surface area contributed by atoms with E-state index in [9.17, 15) is 30.3 Å². The van der Waals surface area contributed by atoms with Crippen LogP contribution in [0.15, 0.2) is 53.0 Å². The van der Waals surface area contributed by atoms with Crippen molar-refractivity contribution in [3.05, 3.63) is 83.1 Å². The van der Waals surface area contributed by atoms with Crippen LogP contribution in [-0.4, -0.2) is 15.6 Å². The quantitative estimate of drug-likeness (QED) is 0.503. The molecule has 2 aliphatic rings. The number of nitrogens with two attached hydrogens (primary N) is 1. The molecule has 2 heterocycles. The van der Waals surface area contributed by atoms with E-state index in [4.69, 9.17) is 17.3 Å². The first-order valence-corrected chi connectivity index (χ1v) is 10.6. The van der Waals surface area contributed by atoms with Crippen molar-refractivity contribution in [1.29, 1.82) is 5.26 Å². The number of nitrogens with zero attached hydrogens (tertiary/aromatic N) is 4. The number of allylic oxidation sites excluding steroid dienone is 3. The summed E-state index contributed by atoms with van der Waals surface area (Å²) >= 11 is 6.81. The minimum atomic E-state index is -0.871. The molecule has 0 unspecified atom stereocenters. The third kappa shape index (κ3) is 3.39. The number of nitro benzene ring substituents is 1. The van der Waals surface area contributed by atoms with Gasteiger partial charge in [0.2, 0.25) is 0 Å². The molecule has 32 heavy (non-hydrogen) atoms. The summed E-state index contributed by atoms with van der Waals surface area (Å²) < 4.78 is 0. The summed E-state index contributed by atoms with van der Waals surface area (Å²) in [4.78, 5) is 36.6. The molecule has 1 aliphatic heterocycles. The summed E-state index contributed by atoms with van der Waals surface area (Å²) in [6, 6.07) is 8.90. The molecule has 0 amide bonds. The fourth-order valence-corrected chi connectivity index (χ4v) is 5.18. The Morgan fingerprint density at radius 3 is 2.56 bits per heavy atom. The molecule has 1 aromatic heterocycles. The zero-order chi connectivity index (χ0) is 23.2. The van der Waals surface area contributed by atoms with Crippen LogP contribution in [0, 0.1) is 31.6 Å². The number of carbonyl (C=O) groups is 1. The molecule has 1 atom stereocenters. The van der Waals surface area contributed by atoms with Crippen LogP contribution in [0.4, 0.5) is 16.4 Å². The first kappa shape index (κ1) is 21.5. The van der Waals surface area contributed by atoms with Gasteiger partial charge in [-0.15, -0.1) is 0 Å². The molecule has 2 N–H and O–H groups in total. The monoisotopic (exact) mass is 471 g/mol. The maximum atomic E-state index is 13.0. The van der Waals surface area contributed by atoms with Crippen LogP contribution in [0.3, 0.4) is 0 Å². The minimum absolute atomic E-state index is 0.00000378. The fraction of sp³-hybridized carbons (Fsp3) is 0.200. The van der Waals surface area contributed by atoms with Gasteiger partial charge in [0.25, 0.3) is 5.69 Å². The molecule has 1 aromatic carbocycles. The molecule has 0 saturated carbocycles. The Kier molecular flexibility index (Phi) is 5.41. The van der Waals surface area contributed by atoms with Crippen LogP contribution >= 0.6 is 22.9 Å². The molecule has 162 valence electrons. The standard InChI is InChI=1S/C20H14ClN5O5S/c21-10-4-5-12(14(8-10)25(28)29)24-13-2-1-3-15(27)19(13)18(11(9-22)20(24)23)16-6-7-17(32-16)26(30)31/h4-8,18H,1-3,23H2/t18-/m0/s1. The summed E-state index contributed by atoms with van der Waals surface area (Å²) in [7, 11) is 0. The van der Waals surface area contributed by atoms with Gasteiger partial charge in [0.15, 0.2) is 5.78 Å². The first-order chi connectivity index (χ1) is 15.2. The van der Waals surface area contributed by atoms with Crippen LogP contribution in [0.25, 0.3) is 0 Å². The van der Waals surface area contributed by atoms with E-state index in [1.165, 1.54) is 35.2 Å². The van der Waals surface area contributed by atoms with Gasteiger partial charge in [0.05, 0.1) is 27.4 Å². The minimum Gasteiger partial charge on any atom is -0.384 e. The van der Waals surface area contributed by atoms with E-state index in [0.717, 1.165) is 11.3 Å². The van der Waals surface area contributed by atoms with Crippen LogP contribution in [0.1, 0.15) is 30.1 Å². The van der Waals surface area contributed by atoms with Crippen molar-refractivity contribution < 1.29 is 14.6 Å². The topological polar surface area (TPSA) is 156 Å². The highest BCUT2D eigenvalue weighted by Crippen LogP contribution is 2.49. The molecule has 0 spiro atoms. The second-order valence-electron chi connectivity index (χ2n) is 7.14. The molecule has 0 fully saturated rings. The number of hydrogen-bond acceptors (Lipinski definition) is 9. The van der Waals surface area contributed by atoms with Gasteiger partial charge in [-0.3, -0.25) is 29.9 Å². The average Bonchev–Trinajstić information content (AvgIpc) is 3.24. The van der Waals surface area contributed by atoms with Crippen molar-refractivity contribution in [3.63, 3.8) is 0 Å². The summed E-state index contributed by atoms with van der Waals surface area (Å²) in [6.07, 6.45) is 1.13. The highest BCUT2D eigenvalue weighted by molar-refractivity contribution is 7.15. The maximum Gasteiger partial charge on any atom is 0.324 e. The Balaban J connectivity index is 1.99. The van der Waals surface area contributed by atoms with Crippen molar-refractivity contribution >= 4 is 45.1 Å². The number of thiophene rings is 1. The number of Topliss-reactive ketones (excluding diaryl/α,β-unsaturated/α-hetero) is 1. The number of benzene rings is 1. The Hall–Kier alpha value is -3.75. The molecule has 0 bridgehead atoms. The normalized spacial score (nSPS) is 18.4. The van der Waals surface area contributed by atoms with Crippen LogP contribution in [-0.2, 0) is 4.79 Å². The number of ketones is 1. The van der Waals surface area contributed by atoms with Crippen molar-refractivity contribution in [2.75, 3.05) is 4.90 Å². The third-order valence-corrected chi connectivity index (χ3v) is 6.70. The van der Waals surface area contributed by atoms with Crippen molar-refractivity contribution in [2.24, 2.45) is 5.73 Å². The van der Waals surface area contributed by atoms with E-state index in [0.29, 0.717) is 23.4 Å². The van der Waals surface area contributed by atoms with E-state index in [1.54, 1.807) is 0 Å². The largest absolute Gasteiger partial charge is 0.384 e. The van der Waals surface area contributed by atoms with Crippen LogP contribution in [0.5, 0.6) is 0 Å². The fourth-order valence-electron chi connectivity index (χ4n) is 4.07. The number of nitriles is 1. The Morgan fingerprint density at radius 2 is 1.94 bits per heavy atom. The van der Waals surface area contributed by atoms with Gasteiger partial charge in [-0.1, -0.05) is 22.9 Å². The number of nitro groups is 2. The lowest BCUT2D eigenvalue weighted by Gasteiger charge is -2.38. The Labute approximate surface area is 190 Å². The number of rotatable bonds is 4. The van der Waals surface area contributed by atoms with E-state index in [-0.39, 0.29) is 50.6 Å². The van der Waals surface area contributed by atoms with Crippen molar-refractivity contribution in [3.8, 4) is 6.07 Å². The van der Waals surface area contributed by atoms with Gasteiger partial charge in [0, 0.05) is 39.7 Å². The highest BCUT2D eigenvalue weighted by Gasteiger charge is 2.42. The lowest BCUT2D eigenvalue weighted by Crippen LogP contribution is -2.38. The van der Waals surface area contributed by atoms with E-state index in [2.05, 4.69) is 0 Å². The Morgan fingerprint density at radius 1 is 1.19 bits per heavy atom. The summed E-state index contributed by atoms with van der Waals surface area (Å²) in [5, 5.41) is 32.8. The predicted octanol–water partition coefficient (Wildman–Crippen LogP) is 4.52. The van der Waals surface area contributed by atoms with Crippen LogP contribution in [0.2, 0.25) is 5.02 Å². The number of carbonyl (C=O) groups excluding carboxylic acids is 1. The van der Waals surface area contributed by atoms with Gasteiger partial charge in [-0.25, -0.2) is 0 Å². The molecular weight excluding hydrogens is 458 g/mol. The first-order valence-electron chi connectivity index (χ1n) is 9.38. The summed E-state index contributed by atoms with van der Waals surface area (Å²) in [6.45, 7) is 0. The second kappa shape index (κ2) is 8.07. The number of hydrogen-bond donors (Lipinski definition) is 1. The molecule has 0 saturated heterocycles. The highest BCUT2D eigenvalue weighted by atomic mass is 35.5. The molecule has 0 radical (unpaired) electrons. The van der Waals surface area contributed by atoms with E-state index >= 15 is 0 Å². The second-order valence-corrected chi connectivity index (χ2v) is 8.67. The molecule has 1 aliphatic carbocycles. The molecule has 12 heteroatoms. The lowest BCUT2D eigenvalue weighted by molar-refractivity contribution is -0.384. The molecule has 10 nitrogen and oxygen atoms in total. The third-order valence-electron chi connectivity index (χ3n) is 5.37. The summed E-state index contributed by atoms with van der Waals surface area (Å²) in [5.74, 6) is -1.16. The smallest absolute Gasteiger partial charge is 0.324 e. The Bertz CT molecular complexity index is 1290. The predicted molar refractivity (Wildman–Crippen MR) is 117 cm³/mol. The molecular formula is C20H14ClN5O5S. The molecule has 2 aromatic rings. The van der Waals surface area contributed by atoms with Gasteiger partial charge in [-0.05, 0) is 31.0 Å². The van der Waals surface area contributed by atoms with Crippen molar-refractivity contribution in [2.45, 2.75) is 25.2 Å².